The van der Waals surface area contributed by atoms with Gasteiger partial charge in [0.05, 0.1) is 11.4 Å². The summed E-state index contributed by atoms with van der Waals surface area (Å²) in [4.78, 5) is 17.0. The van der Waals surface area contributed by atoms with Crippen LogP contribution in [0.15, 0.2) is 46.8 Å². The summed E-state index contributed by atoms with van der Waals surface area (Å²) in [6, 6.07) is 11.8. The number of benzene rings is 1. The molecule has 1 aliphatic rings. The van der Waals surface area contributed by atoms with Crippen molar-refractivity contribution < 1.29 is 4.79 Å². The van der Waals surface area contributed by atoms with E-state index < -0.39 is 0 Å². The van der Waals surface area contributed by atoms with E-state index in [0.29, 0.717) is 11.1 Å². The van der Waals surface area contributed by atoms with E-state index in [1.54, 1.807) is 6.92 Å². The highest BCUT2D eigenvalue weighted by molar-refractivity contribution is 7.99. The van der Waals surface area contributed by atoms with Gasteiger partial charge in [0, 0.05) is 11.6 Å². The van der Waals surface area contributed by atoms with E-state index in [-0.39, 0.29) is 22.8 Å². The third kappa shape index (κ3) is 4.58. The minimum Gasteiger partial charge on any atom is -0.401 e. The predicted molar refractivity (Wildman–Crippen MR) is 105 cm³/mol. The second-order valence-electron chi connectivity index (χ2n) is 6.72. The van der Waals surface area contributed by atoms with E-state index in [1.165, 1.54) is 31.0 Å². The number of thioether (sulfide) groups is 1. The number of nitrogens with two attached hydrogens (primary N) is 1. The fourth-order valence-corrected chi connectivity index (χ4v) is 4.02. The summed E-state index contributed by atoms with van der Waals surface area (Å²) in [6.07, 6.45) is 5.91. The summed E-state index contributed by atoms with van der Waals surface area (Å²) in [6.45, 7) is 1.56. The van der Waals surface area contributed by atoms with Gasteiger partial charge in [-0.05, 0) is 31.9 Å². The molecule has 1 aromatic heterocycles. The lowest BCUT2D eigenvalue weighted by molar-refractivity contribution is -0.112. The number of carbonyl (C=O) groups excluding carboxylic acids is 1. The maximum Gasteiger partial charge on any atom is 0.209 e. The second-order valence-corrected chi connectivity index (χ2v) is 7.66. The highest BCUT2D eigenvalue weighted by atomic mass is 32.2. The molecule has 0 unspecified atom stereocenters. The van der Waals surface area contributed by atoms with Gasteiger partial charge in [0.25, 0.3) is 0 Å². The minimum atomic E-state index is -0.294. The number of nitriles is 1. The van der Waals surface area contributed by atoms with Crippen LogP contribution in [0.25, 0.3) is 5.69 Å². The zero-order valence-electron chi connectivity index (χ0n) is 15.4. The Labute approximate surface area is 163 Å². The Balaban J connectivity index is 1.84. The molecule has 1 aromatic carbocycles. The van der Waals surface area contributed by atoms with Gasteiger partial charge < -0.3 is 5.73 Å². The normalized spacial score (nSPS) is 15.9. The summed E-state index contributed by atoms with van der Waals surface area (Å²) >= 11 is 1.25. The fraction of sp³-hybridized carbons (Fsp3) is 0.400. The first-order valence-corrected chi connectivity index (χ1v) is 10.1. The molecular formula is C20H23N5OS. The van der Waals surface area contributed by atoms with Gasteiger partial charge in [0.15, 0.2) is 5.78 Å². The zero-order valence-corrected chi connectivity index (χ0v) is 16.2. The SMILES string of the molecule is C/C(N)=C(/C#N)C(=O)CSc1nc(C2CCCCC2)n(-c2ccccc2)n1. The third-order valence-electron chi connectivity index (χ3n) is 4.70. The first-order chi connectivity index (χ1) is 13.1. The summed E-state index contributed by atoms with van der Waals surface area (Å²) in [5, 5.41) is 14.3. The molecule has 1 heterocycles. The molecule has 0 amide bonds. The van der Waals surface area contributed by atoms with Crippen molar-refractivity contribution in [1.29, 1.82) is 5.26 Å². The van der Waals surface area contributed by atoms with E-state index in [0.717, 1.165) is 24.4 Å². The Morgan fingerprint density at radius 1 is 1.30 bits per heavy atom. The van der Waals surface area contributed by atoms with Crippen LogP contribution in [0.2, 0.25) is 0 Å². The maximum absolute atomic E-state index is 12.2. The molecule has 6 nitrogen and oxygen atoms in total. The van der Waals surface area contributed by atoms with Crippen LogP contribution in [-0.2, 0) is 4.79 Å². The van der Waals surface area contributed by atoms with Crippen LogP contribution in [-0.4, -0.2) is 26.3 Å². The number of allylic oxidation sites excluding steroid dienone is 2. The lowest BCUT2D eigenvalue weighted by Gasteiger charge is -2.21. The minimum absolute atomic E-state index is 0.0116. The van der Waals surface area contributed by atoms with Gasteiger partial charge in [0.1, 0.15) is 17.5 Å². The molecular weight excluding hydrogens is 358 g/mol. The standard InChI is InChI=1S/C20H23N5OS/c1-14(22)17(12-21)18(26)13-27-20-23-19(15-8-4-2-5-9-15)25(24-20)16-10-6-3-7-11-16/h3,6-7,10-11,15H,2,4-5,8-9,13,22H2,1H3/b17-14+. The number of hydrogen-bond acceptors (Lipinski definition) is 6. The van der Waals surface area contributed by atoms with E-state index in [2.05, 4.69) is 5.10 Å². The van der Waals surface area contributed by atoms with Crippen LogP contribution in [0.3, 0.4) is 0 Å². The van der Waals surface area contributed by atoms with Gasteiger partial charge in [-0.25, -0.2) is 9.67 Å². The van der Waals surface area contributed by atoms with Crippen molar-refractivity contribution >= 4 is 17.5 Å². The lowest BCUT2D eigenvalue weighted by atomic mass is 9.88. The molecule has 140 valence electrons. The molecule has 1 fully saturated rings. The number of aromatic nitrogens is 3. The van der Waals surface area contributed by atoms with Gasteiger partial charge in [-0.15, -0.1) is 5.10 Å². The van der Waals surface area contributed by atoms with Crippen molar-refractivity contribution in [3.05, 3.63) is 47.4 Å². The average molecular weight is 382 g/mol. The van der Waals surface area contributed by atoms with E-state index in [1.807, 2.05) is 41.1 Å². The van der Waals surface area contributed by atoms with Crippen LogP contribution in [0.1, 0.15) is 50.8 Å². The molecule has 0 radical (unpaired) electrons. The second kappa shape index (κ2) is 8.87. The number of rotatable bonds is 6. The summed E-state index contributed by atoms with van der Waals surface area (Å²) < 4.78 is 1.90. The largest absolute Gasteiger partial charge is 0.401 e. The molecule has 27 heavy (non-hydrogen) atoms. The van der Waals surface area contributed by atoms with Crippen LogP contribution < -0.4 is 5.73 Å². The van der Waals surface area contributed by atoms with Crippen molar-refractivity contribution in [2.24, 2.45) is 5.73 Å². The summed E-state index contributed by atoms with van der Waals surface area (Å²) in [7, 11) is 0. The number of carbonyl (C=O) groups is 1. The monoisotopic (exact) mass is 381 g/mol. The Kier molecular flexibility index (Phi) is 6.30. The Bertz CT molecular complexity index is 872. The molecule has 0 saturated heterocycles. The van der Waals surface area contributed by atoms with Gasteiger partial charge in [-0.1, -0.05) is 49.2 Å². The van der Waals surface area contributed by atoms with Crippen LogP contribution >= 0.6 is 11.8 Å². The quantitative estimate of drug-likeness (QED) is 0.465. The predicted octanol–water partition coefficient (Wildman–Crippen LogP) is 3.73. The number of para-hydroxylation sites is 1. The van der Waals surface area contributed by atoms with Gasteiger partial charge in [0.2, 0.25) is 5.16 Å². The first-order valence-electron chi connectivity index (χ1n) is 9.15. The summed E-state index contributed by atoms with van der Waals surface area (Å²) in [5.41, 5.74) is 6.84. The molecule has 2 aromatic rings. The smallest absolute Gasteiger partial charge is 0.209 e. The molecule has 0 atom stereocenters. The first kappa shape index (κ1) is 19.2. The van der Waals surface area contributed by atoms with Crippen LogP contribution in [0, 0.1) is 11.3 Å². The Hall–Kier alpha value is -2.59. The van der Waals surface area contributed by atoms with Crippen molar-refractivity contribution in [1.82, 2.24) is 14.8 Å². The Morgan fingerprint density at radius 3 is 2.63 bits per heavy atom. The van der Waals surface area contributed by atoms with E-state index in [4.69, 9.17) is 16.0 Å². The fourth-order valence-electron chi connectivity index (χ4n) is 3.32. The number of ketones is 1. The lowest BCUT2D eigenvalue weighted by Crippen LogP contribution is -2.12. The van der Waals surface area contributed by atoms with Crippen molar-refractivity contribution in [3.63, 3.8) is 0 Å². The van der Waals surface area contributed by atoms with Gasteiger partial charge in [-0.2, -0.15) is 5.26 Å². The van der Waals surface area contributed by atoms with Crippen molar-refractivity contribution in [2.75, 3.05) is 5.75 Å². The molecule has 0 bridgehead atoms. The number of hydrogen-bond donors (Lipinski definition) is 1. The molecule has 0 spiro atoms. The van der Waals surface area contributed by atoms with Crippen LogP contribution in [0.4, 0.5) is 0 Å². The van der Waals surface area contributed by atoms with E-state index in [9.17, 15) is 4.79 Å². The topological polar surface area (TPSA) is 97.6 Å². The average Bonchev–Trinajstić information content (AvgIpc) is 3.12. The molecule has 3 rings (SSSR count). The summed E-state index contributed by atoms with van der Waals surface area (Å²) in [5.74, 6) is 1.15. The molecule has 0 aliphatic heterocycles. The molecule has 7 heteroatoms. The molecule has 1 aliphatic carbocycles. The van der Waals surface area contributed by atoms with Crippen molar-refractivity contribution in [2.45, 2.75) is 50.1 Å². The van der Waals surface area contributed by atoms with E-state index >= 15 is 0 Å². The van der Waals surface area contributed by atoms with Gasteiger partial charge >= 0.3 is 0 Å². The van der Waals surface area contributed by atoms with Crippen LogP contribution in [0.5, 0.6) is 0 Å². The molecule has 1 saturated carbocycles. The zero-order chi connectivity index (χ0) is 19.2. The third-order valence-corrected chi connectivity index (χ3v) is 5.54. The Morgan fingerprint density at radius 2 is 2.00 bits per heavy atom. The highest BCUT2D eigenvalue weighted by Crippen LogP contribution is 2.33. The maximum atomic E-state index is 12.2. The molecule has 2 N–H and O–H groups in total. The highest BCUT2D eigenvalue weighted by Gasteiger charge is 2.24. The number of nitrogens with zero attached hydrogens (tertiary/aromatic N) is 4. The number of Topliss-reactive ketones (excluding diaryl/α,β-unsaturated/α-hetero) is 1. The van der Waals surface area contributed by atoms with Crippen molar-refractivity contribution in [3.8, 4) is 11.8 Å². The van der Waals surface area contributed by atoms with Gasteiger partial charge in [-0.3, -0.25) is 4.79 Å².